The maximum absolute atomic E-state index is 13.7. The fraction of sp³-hybridized carbons (Fsp3) is 0.316. The van der Waals surface area contributed by atoms with E-state index in [0.717, 1.165) is 19.5 Å². The summed E-state index contributed by atoms with van der Waals surface area (Å²) < 4.78 is 41.1. The second kappa shape index (κ2) is 8.06. The molecule has 3 N–H and O–H groups in total. The van der Waals surface area contributed by atoms with Gasteiger partial charge in [0.1, 0.15) is 5.82 Å². The third-order valence-corrected chi connectivity index (χ3v) is 5.99. The van der Waals surface area contributed by atoms with Crippen molar-refractivity contribution in [1.29, 1.82) is 0 Å². The van der Waals surface area contributed by atoms with Crippen LogP contribution in [0.4, 0.5) is 10.1 Å². The van der Waals surface area contributed by atoms with Crippen molar-refractivity contribution >= 4 is 21.6 Å². The van der Waals surface area contributed by atoms with Gasteiger partial charge in [-0.05, 0) is 55.8 Å². The number of anilines is 1. The summed E-state index contributed by atoms with van der Waals surface area (Å²) >= 11 is 0. The number of sulfonamides is 1. The summed E-state index contributed by atoms with van der Waals surface area (Å²) in [5.74, 6) is -0.705. The van der Waals surface area contributed by atoms with E-state index in [1.54, 1.807) is 6.07 Å². The lowest BCUT2D eigenvalue weighted by atomic mass is 9.95. The van der Waals surface area contributed by atoms with Crippen molar-refractivity contribution in [2.24, 2.45) is 5.92 Å². The SMILES string of the molecule is CC1CNCCC1NC(=O)c1cccc(S(=O)(=O)Nc2ccccc2F)c1. The zero-order valence-electron chi connectivity index (χ0n) is 14.9. The third kappa shape index (κ3) is 4.64. The minimum Gasteiger partial charge on any atom is -0.349 e. The summed E-state index contributed by atoms with van der Waals surface area (Å²) in [7, 11) is -4.02. The van der Waals surface area contributed by atoms with Gasteiger partial charge in [0.25, 0.3) is 15.9 Å². The first kappa shape index (κ1) is 19.3. The molecule has 1 aliphatic heterocycles. The normalized spacial score (nSPS) is 20.1. The number of halogens is 1. The lowest BCUT2D eigenvalue weighted by Gasteiger charge is -2.30. The van der Waals surface area contributed by atoms with E-state index in [9.17, 15) is 17.6 Å². The molecule has 1 saturated heterocycles. The lowest BCUT2D eigenvalue weighted by molar-refractivity contribution is 0.0914. The molecule has 0 radical (unpaired) electrons. The van der Waals surface area contributed by atoms with Crippen molar-refractivity contribution in [3.05, 3.63) is 59.9 Å². The summed E-state index contributed by atoms with van der Waals surface area (Å²) in [5.41, 5.74) is 0.105. The van der Waals surface area contributed by atoms with Gasteiger partial charge in [0.05, 0.1) is 10.6 Å². The minimum atomic E-state index is -4.02. The van der Waals surface area contributed by atoms with Crippen LogP contribution in [0.1, 0.15) is 23.7 Å². The summed E-state index contributed by atoms with van der Waals surface area (Å²) in [6.45, 7) is 3.71. The Bertz CT molecular complexity index is 933. The molecule has 0 spiro atoms. The number of carbonyl (C=O) groups is 1. The second-order valence-corrected chi connectivity index (χ2v) is 8.35. The number of rotatable bonds is 5. The van der Waals surface area contributed by atoms with E-state index in [4.69, 9.17) is 0 Å². The van der Waals surface area contributed by atoms with Gasteiger partial charge in [0, 0.05) is 11.6 Å². The fourth-order valence-corrected chi connectivity index (χ4v) is 4.15. The van der Waals surface area contributed by atoms with Crippen molar-refractivity contribution in [3.8, 4) is 0 Å². The Hall–Kier alpha value is -2.45. The first-order chi connectivity index (χ1) is 12.9. The van der Waals surface area contributed by atoms with Gasteiger partial charge < -0.3 is 10.6 Å². The molecule has 1 fully saturated rings. The van der Waals surface area contributed by atoms with E-state index in [-0.39, 0.29) is 34.0 Å². The van der Waals surface area contributed by atoms with Gasteiger partial charge >= 0.3 is 0 Å². The lowest BCUT2D eigenvalue weighted by Crippen LogP contribution is -2.48. The maximum atomic E-state index is 13.7. The van der Waals surface area contributed by atoms with Crippen LogP contribution in [-0.2, 0) is 10.0 Å². The Kier molecular flexibility index (Phi) is 5.76. The molecule has 1 aliphatic rings. The Labute approximate surface area is 158 Å². The highest BCUT2D eigenvalue weighted by atomic mass is 32.2. The molecule has 2 unspecified atom stereocenters. The molecular weight excluding hydrogens is 369 g/mol. The number of piperidine rings is 1. The number of hydrogen-bond acceptors (Lipinski definition) is 4. The van der Waals surface area contributed by atoms with E-state index in [1.807, 2.05) is 0 Å². The summed E-state index contributed by atoms with van der Waals surface area (Å²) in [4.78, 5) is 12.4. The van der Waals surface area contributed by atoms with Crippen LogP contribution in [-0.4, -0.2) is 33.5 Å². The first-order valence-electron chi connectivity index (χ1n) is 8.76. The number of hydrogen-bond donors (Lipinski definition) is 3. The molecule has 0 bridgehead atoms. The highest BCUT2D eigenvalue weighted by Crippen LogP contribution is 2.20. The third-order valence-electron chi connectivity index (χ3n) is 4.63. The predicted molar refractivity (Wildman–Crippen MR) is 102 cm³/mol. The van der Waals surface area contributed by atoms with Crippen molar-refractivity contribution in [3.63, 3.8) is 0 Å². The van der Waals surface area contributed by atoms with Crippen molar-refractivity contribution in [1.82, 2.24) is 10.6 Å². The smallest absolute Gasteiger partial charge is 0.262 e. The van der Waals surface area contributed by atoms with Gasteiger partial charge in [-0.1, -0.05) is 25.1 Å². The number of benzene rings is 2. The highest BCUT2D eigenvalue weighted by molar-refractivity contribution is 7.92. The van der Waals surface area contributed by atoms with E-state index in [2.05, 4.69) is 22.3 Å². The molecule has 2 atom stereocenters. The van der Waals surface area contributed by atoms with Crippen LogP contribution in [0, 0.1) is 11.7 Å². The monoisotopic (exact) mass is 391 g/mol. The van der Waals surface area contributed by atoms with Crippen LogP contribution in [0.5, 0.6) is 0 Å². The molecule has 0 aliphatic carbocycles. The number of nitrogens with one attached hydrogen (secondary N) is 3. The van der Waals surface area contributed by atoms with Gasteiger partial charge in [0.2, 0.25) is 0 Å². The summed E-state index contributed by atoms with van der Waals surface area (Å²) in [5, 5.41) is 6.23. The van der Waals surface area contributed by atoms with Gasteiger partial charge in [0.15, 0.2) is 0 Å². The molecule has 2 aromatic rings. The van der Waals surface area contributed by atoms with Crippen molar-refractivity contribution in [2.45, 2.75) is 24.3 Å². The van der Waals surface area contributed by atoms with Crippen molar-refractivity contribution < 1.29 is 17.6 Å². The van der Waals surface area contributed by atoms with Gasteiger partial charge in [-0.15, -0.1) is 0 Å². The van der Waals surface area contributed by atoms with Crippen molar-refractivity contribution in [2.75, 3.05) is 17.8 Å². The average molecular weight is 391 g/mol. The molecule has 0 saturated carbocycles. The Morgan fingerprint density at radius 2 is 1.96 bits per heavy atom. The predicted octanol–water partition coefficient (Wildman–Crippen LogP) is 2.35. The zero-order valence-corrected chi connectivity index (χ0v) is 15.7. The van der Waals surface area contributed by atoms with Gasteiger partial charge in [-0.3, -0.25) is 9.52 Å². The molecule has 27 heavy (non-hydrogen) atoms. The molecule has 3 rings (SSSR count). The van der Waals surface area contributed by atoms with Gasteiger partial charge in [-0.25, -0.2) is 12.8 Å². The molecule has 1 heterocycles. The summed E-state index contributed by atoms with van der Waals surface area (Å²) in [6.07, 6.45) is 0.819. The van der Waals surface area contributed by atoms with Gasteiger partial charge in [-0.2, -0.15) is 0 Å². The Morgan fingerprint density at radius 3 is 2.70 bits per heavy atom. The first-order valence-corrected chi connectivity index (χ1v) is 10.2. The molecular formula is C19H22FN3O3S. The minimum absolute atomic E-state index is 0.0375. The molecule has 6 nitrogen and oxygen atoms in total. The number of para-hydroxylation sites is 1. The second-order valence-electron chi connectivity index (χ2n) is 6.66. The topological polar surface area (TPSA) is 87.3 Å². The maximum Gasteiger partial charge on any atom is 0.262 e. The fourth-order valence-electron chi connectivity index (χ4n) is 3.03. The van der Waals surface area contributed by atoms with Crippen LogP contribution in [0.25, 0.3) is 0 Å². The van der Waals surface area contributed by atoms with E-state index >= 15 is 0 Å². The average Bonchev–Trinajstić information content (AvgIpc) is 2.65. The van der Waals surface area contributed by atoms with E-state index < -0.39 is 15.8 Å². The summed E-state index contributed by atoms with van der Waals surface area (Å²) in [6, 6.07) is 11.3. The molecule has 2 aromatic carbocycles. The largest absolute Gasteiger partial charge is 0.349 e. The quantitative estimate of drug-likeness (QED) is 0.730. The zero-order chi connectivity index (χ0) is 19.4. The Balaban J connectivity index is 1.78. The molecule has 144 valence electrons. The Morgan fingerprint density at radius 1 is 1.19 bits per heavy atom. The molecule has 0 aromatic heterocycles. The van der Waals surface area contributed by atoms with E-state index in [0.29, 0.717) is 0 Å². The van der Waals surface area contributed by atoms with Crippen LogP contribution >= 0.6 is 0 Å². The molecule has 8 heteroatoms. The molecule has 1 amide bonds. The van der Waals surface area contributed by atoms with Crippen LogP contribution in [0.15, 0.2) is 53.4 Å². The van der Waals surface area contributed by atoms with Crippen LogP contribution < -0.4 is 15.4 Å². The van der Waals surface area contributed by atoms with Crippen LogP contribution in [0.2, 0.25) is 0 Å². The van der Waals surface area contributed by atoms with E-state index in [1.165, 1.54) is 42.5 Å². The number of amides is 1. The standard InChI is InChI=1S/C19H22FN3O3S/c1-13-12-21-10-9-17(13)22-19(24)14-5-4-6-15(11-14)27(25,26)23-18-8-3-2-7-16(18)20/h2-8,11,13,17,21,23H,9-10,12H2,1H3,(H,22,24). The number of carbonyl (C=O) groups excluding carboxylic acids is 1. The van der Waals surface area contributed by atoms with Crippen LogP contribution in [0.3, 0.4) is 0 Å². The highest BCUT2D eigenvalue weighted by Gasteiger charge is 2.24.